The molecule has 0 atom stereocenters. The maximum atomic E-state index is 2.42. The Hall–Kier alpha value is -7.04. The van der Waals surface area contributed by atoms with Gasteiger partial charge in [0, 0.05) is 71.3 Å². The Morgan fingerprint density at radius 2 is 0.170 bits per heavy atom. The van der Waals surface area contributed by atoms with Crippen LogP contribution in [0.1, 0.15) is 178 Å². The number of hydrogen-bond acceptors (Lipinski definition) is 0. The van der Waals surface area contributed by atoms with Gasteiger partial charge in [-0.05, 0) is 400 Å². The molecule has 0 amide bonds. The van der Waals surface area contributed by atoms with Crippen molar-refractivity contribution in [2.75, 3.05) is 0 Å². The normalized spacial score (nSPS) is 11.9. The fourth-order valence-corrected chi connectivity index (χ4v) is 16.6. The summed E-state index contributed by atoms with van der Waals surface area (Å²) in [7, 11) is 8.92. The SMILES string of the molecule is Cc1c(C)c(C)c2c(c1C)c1c(C)c(C)c(C)c(C)c1n2C.Cc1c(C)c(C)c2c(c1C)c1c(C)c(C)c(C)c(C)c1n2C.Cc1c(C)c(C)c2c(c1C)c1c(C)c(C)c(C)c(C)c1n2C.Cc1c(C)c(C)c2c(c1C)c1c(C)c(C)c(C)c(C)c1n2C. The Morgan fingerprint density at radius 1 is 0.102 bits per heavy atom. The van der Waals surface area contributed by atoms with Gasteiger partial charge in [0.05, 0.1) is 44.1 Å². The first-order valence-electron chi connectivity index (χ1n) is 32.6. The van der Waals surface area contributed by atoms with Gasteiger partial charge in [-0.1, -0.05) is 0 Å². The predicted octanol–water partition coefficient (Wildman–Crippen LogP) is 23.2. The van der Waals surface area contributed by atoms with Crippen molar-refractivity contribution in [3.63, 3.8) is 0 Å². The van der Waals surface area contributed by atoms with E-state index in [0.717, 1.165) is 0 Å². The number of fused-ring (bicyclic) bond motifs is 12. The summed E-state index contributed by atoms with van der Waals surface area (Å²) in [5.41, 5.74) is 57.1. The molecule has 0 saturated carbocycles. The minimum atomic E-state index is 1.41. The summed E-state index contributed by atoms with van der Waals surface area (Å²) >= 11 is 0. The van der Waals surface area contributed by atoms with Crippen molar-refractivity contribution in [1.82, 2.24) is 18.3 Å². The fourth-order valence-electron chi connectivity index (χ4n) is 16.6. The summed E-state index contributed by atoms with van der Waals surface area (Å²) in [6.45, 7) is 72.6. The van der Waals surface area contributed by atoms with Crippen LogP contribution >= 0.6 is 0 Å². The van der Waals surface area contributed by atoms with Crippen molar-refractivity contribution >= 4 is 87.2 Å². The molecule has 0 radical (unpaired) electrons. The zero-order valence-corrected chi connectivity index (χ0v) is 61.8. The van der Waals surface area contributed by atoms with E-state index in [4.69, 9.17) is 0 Å². The number of aryl methyl sites for hydroxylation is 20. The van der Waals surface area contributed by atoms with Crippen LogP contribution in [0.25, 0.3) is 87.2 Å². The van der Waals surface area contributed by atoms with Crippen LogP contribution in [0.2, 0.25) is 0 Å². The Balaban J connectivity index is 0.000000140. The van der Waals surface area contributed by atoms with Crippen LogP contribution in [0.3, 0.4) is 0 Å². The van der Waals surface area contributed by atoms with Crippen molar-refractivity contribution in [2.45, 2.75) is 222 Å². The highest BCUT2D eigenvalue weighted by Gasteiger charge is 2.26. The van der Waals surface area contributed by atoms with Crippen molar-refractivity contribution in [1.29, 1.82) is 0 Å². The molecule has 88 heavy (non-hydrogen) atoms. The Bertz CT molecular complexity index is 4140. The molecule has 0 fully saturated rings. The highest BCUT2D eigenvalue weighted by molar-refractivity contribution is 6.18. The Morgan fingerprint density at radius 3 is 0.250 bits per heavy atom. The standard InChI is InChI=1S/4C21H27N/c4*1-10-12(3)16(7)20-18(14(10)5)19-15(6)11(2)13(4)17(8)21(19)22(20)9/h4*1-9H3. The Kier molecular flexibility index (Phi) is 16.7. The van der Waals surface area contributed by atoms with Crippen molar-refractivity contribution < 1.29 is 0 Å². The molecular weight excluding hydrogens is 1060 g/mol. The Labute approximate surface area is 530 Å². The maximum Gasteiger partial charge on any atom is 0.0524 e. The minimum Gasteiger partial charge on any atom is -0.343 e. The second kappa shape index (κ2) is 22.5. The van der Waals surface area contributed by atoms with Crippen LogP contribution < -0.4 is 0 Å². The van der Waals surface area contributed by atoms with E-state index in [-0.39, 0.29) is 0 Å². The number of nitrogens with zero attached hydrogens (tertiary/aromatic N) is 4. The minimum absolute atomic E-state index is 1.41. The van der Waals surface area contributed by atoms with Crippen LogP contribution in [-0.2, 0) is 28.2 Å². The fraction of sp³-hybridized carbons (Fsp3) is 0.429. The molecule has 0 saturated heterocycles. The lowest BCUT2D eigenvalue weighted by atomic mass is 9.90. The lowest BCUT2D eigenvalue weighted by Crippen LogP contribution is -1.97. The van der Waals surface area contributed by atoms with E-state index in [0.29, 0.717) is 0 Å². The average molecular weight is 1170 g/mol. The van der Waals surface area contributed by atoms with Crippen LogP contribution in [-0.4, -0.2) is 18.3 Å². The first-order valence-corrected chi connectivity index (χ1v) is 32.6. The van der Waals surface area contributed by atoms with Gasteiger partial charge >= 0.3 is 0 Å². The molecule has 0 aliphatic carbocycles. The topological polar surface area (TPSA) is 19.7 Å². The molecule has 0 aliphatic rings. The van der Waals surface area contributed by atoms with E-state index < -0.39 is 0 Å². The maximum absolute atomic E-state index is 2.42. The van der Waals surface area contributed by atoms with Gasteiger partial charge in [0.1, 0.15) is 0 Å². The van der Waals surface area contributed by atoms with E-state index in [1.54, 1.807) is 0 Å². The molecule has 12 rings (SSSR count). The first-order chi connectivity index (χ1) is 40.8. The van der Waals surface area contributed by atoms with Gasteiger partial charge in [0.15, 0.2) is 0 Å². The lowest BCUT2D eigenvalue weighted by molar-refractivity contribution is 0.994. The molecule has 0 bridgehead atoms. The van der Waals surface area contributed by atoms with Crippen LogP contribution in [0.15, 0.2) is 0 Å². The molecule has 4 heterocycles. The third-order valence-electron chi connectivity index (χ3n) is 24.9. The molecule has 0 N–H and O–H groups in total. The number of rotatable bonds is 0. The van der Waals surface area contributed by atoms with Crippen molar-refractivity contribution in [3.8, 4) is 0 Å². The molecule has 12 aromatic rings. The monoisotopic (exact) mass is 1170 g/mol. The number of aromatic nitrogens is 4. The zero-order valence-electron chi connectivity index (χ0n) is 61.8. The second-order valence-electron chi connectivity index (χ2n) is 28.0. The van der Waals surface area contributed by atoms with Gasteiger partial charge in [0.2, 0.25) is 0 Å². The van der Waals surface area contributed by atoms with Gasteiger partial charge < -0.3 is 18.3 Å². The molecule has 464 valence electrons. The third kappa shape index (κ3) is 8.84. The summed E-state index contributed by atoms with van der Waals surface area (Å²) in [5.74, 6) is 0. The van der Waals surface area contributed by atoms with E-state index in [1.807, 2.05) is 0 Å². The molecule has 4 nitrogen and oxygen atoms in total. The van der Waals surface area contributed by atoms with Gasteiger partial charge in [-0.25, -0.2) is 0 Å². The summed E-state index contributed by atoms with van der Waals surface area (Å²) in [6.07, 6.45) is 0. The quantitative estimate of drug-likeness (QED) is 0.144. The van der Waals surface area contributed by atoms with Crippen LogP contribution in [0, 0.1) is 222 Å². The van der Waals surface area contributed by atoms with Gasteiger partial charge in [-0.2, -0.15) is 0 Å². The van der Waals surface area contributed by atoms with E-state index in [1.165, 1.54) is 265 Å². The summed E-state index contributed by atoms with van der Waals surface area (Å²) in [6, 6.07) is 0. The van der Waals surface area contributed by atoms with E-state index >= 15 is 0 Å². The second-order valence-corrected chi connectivity index (χ2v) is 28.0. The van der Waals surface area contributed by atoms with Gasteiger partial charge in [-0.3, -0.25) is 0 Å². The number of hydrogen-bond donors (Lipinski definition) is 0. The zero-order chi connectivity index (χ0) is 66.0. The molecule has 4 heteroatoms. The molecule has 0 unspecified atom stereocenters. The molecule has 8 aromatic carbocycles. The first kappa shape index (κ1) is 65.4. The number of benzene rings is 8. The van der Waals surface area contributed by atoms with Crippen molar-refractivity contribution in [2.24, 2.45) is 28.2 Å². The van der Waals surface area contributed by atoms with E-state index in [9.17, 15) is 0 Å². The van der Waals surface area contributed by atoms with E-state index in [2.05, 4.69) is 268 Å². The highest BCUT2D eigenvalue weighted by Crippen LogP contribution is 2.46. The lowest BCUT2D eigenvalue weighted by Gasteiger charge is -2.13. The summed E-state index contributed by atoms with van der Waals surface area (Å²) < 4.78 is 9.70. The molecule has 4 aromatic heterocycles. The van der Waals surface area contributed by atoms with Crippen LogP contribution in [0.4, 0.5) is 0 Å². The molecule has 0 aliphatic heterocycles. The smallest absolute Gasteiger partial charge is 0.0524 e. The van der Waals surface area contributed by atoms with Crippen LogP contribution in [0.5, 0.6) is 0 Å². The van der Waals surface area contributed by atoms with Crippen molar-refractivity contribution in [3.05, 3.63) is 178 Å². The average Bonchev–Trinajstić information content (AvgIpc) is 2.45. The summed E-state index contributed by atoms with van der Waals surface area (Å²) in [4.78, 5) is 0. The van der Waals surface area contributed by atoms with Gasteiger partial charge in [0.25, 0.3) is 0 Å². The highest BCUT2D eigenvalue weighted by atomic mass is 15.0. The summed E-state index contributed by atoms with van der Waals surface area (Å²) in [5, 5.41) is 11.7. The molecule has 0 spiro atoms. The molecular formula is C84H108N4. The van der Waals surface area contributed by atoms with Gasteiger partial charge in [-0.15, -0.1) is 0 Å². The largest absolute Gasteiger partial charge is 0.343 e. The predicted molar refractivity (Wildman–Crippen MR) is 393 cm³/mol. The third-order valence-corrected chi connectivity index (χ3v) is 24.9.